The lowest BCUT2D eigenvalue weighted by molar-refractivity contribution is -0.384. The normalized spacial score (nSPS) is 15.1. The molecule has 0 aromatic heterocycles. The van der Waals surface area contributed by atoms with Crippen LogP contribution in [0.1, 0.15) is 19.8 Å². The summed E-state index contributed by atoms with van der Waals surface area (Å²) in [6, 6.07) is 13.5. The number of anilines is 2. The zero-order valence-electron chi connectivity index (χ0n) is 17.4. The number of hydrogen-bond donors (Lipinski definition) is 1. The number of piperidine rings is 1. The minimum atomic E-state index is -0.967. The van der Waals surface area contributed by atoms with Crippen LogP contribution in [0.4, 0.5) is 17.1 Å². The van der Waals surface area contributed by atoms with Crippen molar-refractivity contribution in [1.29, 1.82) is 0 Å². The van der Waals surface area contributed by atoms with E-state index >= 15 is 0 Å². The third-order valence-corrected chi connectivity index (χ3v) is 5.27. The molecule has 0 spiro atoms. The number of nitro groups is 1. The Morgan fingerprint density at radius 1 is 1.13 bits per heavy atom. The van der Waals surface area contributed by atoms with Crippen molar-refractivity contribution in [2.24, 2.45) is 5.92 Å². The molecular weight excluding hydrogens is 402 g/mol. The van der Waals surface area contributed by atoms with Crippen LogP contribution >= 0.6 is 0 Å². The van der Waals surface area contributed by atoms with Gasteiger partial charge in [0.05, 0.1) is 23.6 Å². The van der Waals surface area contributed by atoms with Gasteiger partial charge in [-0.2, -0.15) is 0 Å². The van der Waals surface area contributed by atoms with Gasteiger partial charge >= 0.3 is 5.97 Å². The number of methoxy groups -OCH3 is 1. The van der Waals surface area contributed by atoms with Crippen molar-refractivity contribution < 1.29 is 24.0 Å². The second-order valence-electron chi connectivity index (χ2n) is 7.28. The Hall–Kier alpha value is -3.62. The first kappa shape index (κ1) is 22.1. The molecule has 1 amide bonds. The van der Waals surface area contributed by atoms with Crippen LogP contribution in [0.25, 0.3) is 0 Å². The lowest BCUT2D eigenvalue weighted by atomic mass is 9.96. The number of nitrogens with one attached hydrogen (secondary N) is 1. The number of esters is 1. The van der Waals surface area contributed by atoms with Crippen molar-refractivity contribution in [2.45, 2.75) is 25.9 Å². The predicted octanol–water partition coefficient (Wildman–Crippen LogP) is 3.39. The maximum atomic E-state index is 12.6. The van der Waals surface area contributed by atoms with Gasteiger partial charge < -0.3 is 19.7 Å². The molecule has 1 fully saturated rings. The first-order valence-electron chi connectivity index (χ1n) is 10.0. The highest BCUT2D eigenvalue weighted by atomic mass is 16.6. The van der Waals surface area contributed by atoms with Gasteiger partial charge in [-0.15, -0.1) is 0 Å². The Bertz CT molecular complexity index is 956. The van der Waals surface area contributed by atoms with Gasteiger partial charge in [0.2, 0.25) is 0 Å². The minimum Gasteiger partial charge on any atom is -0.495 e. The Morgan fingerprint density at radius 3 is 2.45 bits per heavy atom. The average Bonchev–Trinajstić information content (AvgIpc) is 2.79. The summed E-state index contributed by atoms with van der Waals surface area (Å²) in [5.74, 6) is -0.739. The molecule has 0 radical (unpaired) electrons. The number of ether oxygens (including phenoxy) is 2. The topological polar surface area (TPSA) is 111 Å². The first-order chi connectivity index (χ1) is 14.9. The molecule has 1 saturated heterocycles. The molecule has 1 aliphatic heterocycles. The molecule has 1 atom stereocenters. The number of hydrogen-bond acceptors (Lipinski definition) is 7. The van der Waals surface area contributed by atoms with Gasteiger partial charge in [0.1, 0.15) is 11.4 Å². The molecule has 2 aromatic rings. The van der Waals surface area contributed by atoms with Crippen molar-refractivity contribution in [3.05, 3.63) is 58.6 Å². The highest BCUT2D eigenvalue weighted by molar-refractivity contribution is 5.96. The van der Waals surface area contributed by atoms with Gasteiger partial charge in [0, 0.05) is 19.2 Å². The van der Waals surface area contributed by atoms with Crippen LogP contribution in [-0.2, 0) is 14.3 Å². The second-order valence-corrected chi connectivity index (χ2v) is 7.28. The van der Waals surface area contributed by atoms with Crippen molar-refractivity contribution >= 4 is 28.9 Å². The van der Waals surface area contributed by atoms with Gasteiger partial charge in [0.25, 0.3) is 11.6 Å². The lowest BCUT2D eigenvalue weighted by Crippen LogP contribution is -2.39. The van der Waals surface area contributed by atoms with Crippen LogP contribution in [0.3, 0.4) is 0 Å². The first-order valence-corrected chi connectivity index (χ1v) is 10.0. The molecule has 164 valence electrons. The molecule has 0 aliphatic carbocycles. The molecule has 2 aromatic carbocycles. The van der Waals surface area contributed by atoms with E-state index in [9.17, 15) is 19.7 Å². The van der Waals surface area contributed by atoms with Crippen LogP contribution in [0.15, 0.2) is 48.5 Å². The Kier molecular flexibility index (Phi) is 7.07. The van der Waals surface area contributed by atoms with Gasteiger partial charge in [-0.1, -0.05) is 24.3 Å². The molecule has 9 nitrogen and oxygen atoms in total. The largest absolute Gasteiger partial charge is 0.495 e. The fraction of sp³-hybridized carbons (Fsp3) is 0.364. The molecule has 1 unspecified atom stereocenters. The molecule has 31 heavy (non-hydrogen) atoms. The SMILES string of the molecule is COc1ccccc1NC(=O)C(C)OC(=O)C1CCN(c2ccccc2[N+](=O)[O-])CC1. The molecule has 0 saturated carbocycles. The highest BCUT2D eigenvalue weighted by Gasteiger charge is 2.31. The number of carbonyl (C=O) groups excluding carboxylic acids is 2. The van der Waals surface area contributed by atoms with Crippen molar-refractivity contribution in [3.63, 3.8) is 0 Å². The van der Waals surface area contributed by atoms with E-state index in [0.717, 1.165) is 0 Å². The quantitative estimate of drug-likeness (QED) is 0.410. The summed E-state index contributed by atoms with van der Waals surface area (Å²) < 4.78 is 10.6. The zero-order chi connectivity index (χ0) is 22.4. The van der Waals surface area contributed by atoms with Gasteiger partial charge in [-0.25, -0.2) is 0 Å². The highest BCUT2D eigenvalue weighted by Crippen LogP contribution is 2.31. The summed E-state index contributed by atoms with van der Waals surface area (Å²) in [7, 11) is 1.50. The minimum absolute atomic E-state index is 0.0464. The Labute approximate surface area is 180 Å². The van der Waals surface area contributed by atoms with Gasteiger partial charge in [-0.3, -0.25) is 19.7 Å². The zero-order valence-corrected chi connectivity index (χ0v) is 17.4. The molecular formula is C22H25N3O6. The van der Waals surface area contributed by atoms with E-state index in [1.165, 1.54) is 20.1 Å². The fourth-order valence-electron chi connectivity index (χ4n) is 3.55. The standard InChI is InChI=1S/C22H25N3O6/c1-15(21(26)23-17-7-3-6-10-20(17)30-2)31-22(27)16-11-13-24(14-12-16)18-8-4-5-9-19(18)25(28)29/h3-10,15-16H,11-14H2,1-2H3,(H,23,26). The molecule has 1 aliphatic rings. The number of benzene rings is 2. The van der Waals surface area contributed by atoms with E-state index in [4.69, 9.17) is 9.47 Å². The number of carbonyl (C=O) groups is 2. The summed E-state index contributed by atoms with van der Waals surface area (Å²) in [5.41, 5.74) is 1.09. The Balaban J connectivity index is 1.54. The maximum Gasteiger partial charge on any atom is 0.309 e. The monoisotopic (exact) mass is 427 g/mol. The summed E-state index contributed by atoms with van der Waals surface area (Å²) in [4.78, 5) is 37.7. The number of amides is 1. The molecule has 3 rings (SSSR count). The van der Waals surface area contributed by atoms with E-state index in [0.29, 0.717) is 43.1 Å². The van der Waals surface area contributed by atoms with E-state index < -0.39 is 22.9 Å². The third-order valence-electron chi connectivity index (χ3n) is 5.27. The Morgan fingerprint density at radius 2 is 1.77 bits per heavy atom. The van der Waals surface area contributed by atoms with Crippen LogP contribution in [-0.4, -0.2) is 43.1 Å². The van der Waals surface area contributed by atoms with E-state index in [-0.39, 0.29) is 11.6 Å². The van der Waals surface area contributed by atoms with Crippen LogP contribution < -0.4 is 15.0 Å². The molecule has 0 bridgehead atoms. The fourth-order valence-corrected chi connectivity index (χ4v) is 3.55. The average molecular weight is 427 g/mol. The number of nitro benzene ring substituents is 1. The predicted molar refractivity (Wildman–Crippen MR) is 115 cm³/mol. The smallest absolute Gasteiger partial charge is 0.309 e. The van der Waals surface area contributed by atoms with Crippen LogP contribution in [0.2, 0.25) is 0 Å². The van der Waals surface area contributed by atoms with Crippen molar-refractivity contribution in [3.8, 4) is 5.75 Å². The van der Waals surface area contributed by atoms with Crippen LogP contribution in [0, 0.1) is 16.0 Å². The van der Waals surface area contributed by atoms with Gasteiger partial charge in [0.15, 0.2) is 6.10 Å². The number of rotatable bonds is 7. The number of para-hydroxylation sites is 4. The molecule has 1 N–H and O–H groups in total. The van der Waals surface area contributed by atoms with E-state index in [2.05, 4.69) is 5.32 Å². The summed E-state index contributed by atoms with van der Waals surface area (Å²) in [6.45, 7) is 2.50. The molecule has 9 heteroatoms. The third kappa shape index (κ3) is 5.30. The van der Waals surface area contributed by atoms with Crippen molar-refractivity contribution in [2.75, 3.05) is 30.4 Å². The summed E-state index contributed by atoms with van der Waals surface area (Å²) in [5, 5.41) is 14.0. The molecule has 1 heterocycles. The van der Waals surface area contributed by atoms with E-state index in [1.807, 2.05) is 4.90 Å². The maximum absolute atomic E-state index is 12.6. The van der Waals surface area contributed by atoms with E-state index in [1.54, 1.807) is 42.5 Å². The van der Waals surface area contributed by atoms with Gasteiger partial charge in [-0.05, 0) is 38.0 Å². The summed E-state index contributed by atoms with van der Waals surface area (Å²) in [6.07, 6.45) is 0.0166. The summed E-state index contributed by atoms with van der Waals surface area (Å²) >= 11 is 0. The van der Waals surface area contributed by atoms with Crippen LogP contribution in [0.5, 0.6) is 5.75 Å². The number of nitrogens with zero attached hydrogens (tertiary/aromatic N) is 2. The second kappa shape index (κ2) is 9.92. The van der Waals surface area contributed by atoms with Crippen molar-refractivity contribution in [1.82, 2.24) is 0 Å². The lowest BCUT2D eigenvalue weighted by Gasteiger charge is -2.32.